The van der Waals surface area contributed by atoms with Crippen LogP contribution in [0.15, 0.2) is 67.3 Å². The molecule has 1 aromatic carbocycles. The molecule has 0 saturated heterocycles. The van der Waals surface area contributed by atoms with E-state index in [1.165, 1.54) is 18.2 Å². The molecule has 1 atom stereocenters. The Morgan fingerprint density at radius 2 is 2.03 bits per heavy atom. The van der Waals surface area contributed by atoms with Crippen LogP contribution in [0.5, 0.6) is 0 Å². The molecule has 34 heavy (non-hydrogen) atoms. The zero-order chi connectivity index (χ0) is 23.7. The number of fused-ring (bicyclic) bond motifs is 1. The number of aliphatic hydroxyl groups is 1. The largest absolute Gasteiger partial charge is 0.394 e. The first-order chi connectivity index (χ1) is 16.5. The van der Waals surface area contributed by atoms with Crippen LogP contribution in [0.3, 0.4) is 0 Å². The maximum Gasteiger partial charge on any atom is 0.268 e. The number of amides is 1. The minimum Gasteiger partial charge on any atom is -0.394 e. The molecule has 0 unspecified atom stereocenters. The summed E-state index contributed by atoms with van der Waals surface area (Å²) in [7, 11) is 0. The van der Waals surface area contributed by atoms with Crippen molar-refractivity contribution < 1.29 is 14.3 Å². The number of nitrogens with zero attached hydrogens (tertiary/aromatic N) is 3. The molecule has 5 aromatic rings. The van der Waals surface area contributed by atoms with Crippen LogP contribution < -0.4 is 5.32 Å². The second-order valence-electron chi connectivity index (χ2n) is 7.62. The zero-order valence-electron chi connectivity index (χ0n) is 17.6. The molecule has 0 aliphatic carbocycles. The van der Waals surface area contributed by atoms with Gasteiger partial charge in [-0.25, -0.2) is 9.37 Å². The van der Waals surface area contributed by atoms with Gasteiger partial charge in [0.1, 0.15) is 17.2 Å². The number of H-pyrrole nitrogens is 2. The molecule has 5 rings (SSSR count). The van der Waals surface area contributed by atoms with Gasteiger partial charge < -0.3 is 15.4 Å². The molecule has 0 radical (unpaired) electrons. The Morgan fingerprint density at radius 1 is 1.15 bits per heavy atom. The first-order valence-corrected chi connectivity index (χ1v) is 10.7. The van der Waals surface area contributed by atoms with Crippen LogP contribution in [-0.2, 0) is 0 Å². The third-order valence-corrected chi connectivity index (χ3v) is 5.74. The van der Waals surface area contributed by atoms with Gasteiger partial charge in [-0.05, 0) is 35.9 Å². The lowest BCUT2D eigenvalue weighted by molar-refractivity contribution is 0.0911. The van der Waals surface area contributed by atoms with Crippen molar-refractivity contribution in [2.24, 2.45) is 0 Å². The van der Waals surface area contributed by atoms with E-state index in [1.54, 1.807) is 30.9 Å². The van der Waals surface area contributed by atoms with Crippen LogP contribution in [0.1, 0.15) is 22.1 Å². The normalized spacial score (nSPS) is 12.1. The van der Waals surface area contributed by atoms with Gasteiger partial charge >= 0.3 is 0 Å². The molecular formula is C24H18ClFN6O2. The highest BCUT2D eigenvalue weighted by atomic mass is 35.5. The van der Waals surface area contributed by atoms with E-state index >= 15 is 0 Å². The number of halogens is 2. The Labute approximate surface area is 197 Å². The Bertz CT molecular complexity index is 1480. The number of hydrogen-bond acceptors (Lipinski definition) is 5. The number of carbonyl (C=O) groups excluding carboxylic acids is 1. The van der Waals surface area contributed by atoms with Crippen molar-refractivity contribution in [1.82, 2.24) is 30.5 Å². The Hall–Kier alpha value is -4.08. The van der Waals surface area contributed by atoms with E-state index in [2.05, 4.69) is 30.5 Å². The molecule has 4 aromatic heterocycles. The van der Waals surface area contributed by atoms with Crippen molar-refractivity contribution in [1.29, 1.82) is 0 Å². The van der Waals surface area contributed by atoms with E-state index in [0.717, 1.165) is 16.5 Å². The number of pyridine rings is 2. The maximum atomic E-state index is 13.5. The fourth-order valence-corrected chi connectivity index (χ4v) is 3.87. The van der Waals surface area contributed by atoms with Gasteiger partial charge in [0, 0.05) is 46.9 Å². The van der Waals surface area contributed by atoms with Crippen LogP contribution in [-0.4, -0.2) is 42.8 Å². The first kappa shape index (κ1) is 21.7. The molecule has 4 N–H and O–H groups in total. The summed E-state index contributed by atoms with van der Waals surface area (Å²) >= 11 is 5.83. The topological polar surface area (TPSA) is 120 Å². The summed E-state index contributed by atoms with van der Waals surface area (Å²) in [6.07, 6.45) is 6.88. The molecule has 0 saturated carbocycles. The lowest BCUT2D eigenvalue weighted by Crippen LogP contribution is -2.31. The Balaban J connectivity index is 1.41. The Kier molecular flexibility index (Phi) is 5.79. The molecule has 1 amide bonds. The van der Waals surface area contributed by atoms with E-state index in [-0.39, 0.29) is 17.3 Å². The van der Waals surface area contributed by atoms with E-state index in [0.29, 0.717) is 22.5 Å². The van der Waals surface area contributed by atoms with E-state index < -0.39 is 17.8 Å². The Morgan fingerprint density at radius 3 is 2.79 bits per heavy atom. The second kappa shape index (κ2) is 9.05. The van der Waals surface area contributed by atoms with Gasteiger partial charge in [0.2, 0.25) is 0 Å². The summed E-state index contributed by atoms with van der Waals surface area (Å²) in [5.74, 6) is -1.02. The molecule has 0 aliphatic rings. The molecule has 8 nitrogen and oxygen atoms in total. The zero-order valence-corrected chi connectivity index (χ0v) is 18.3. The minimum atomic E-state index is -0.755. The number of aromatic nitrogens is 5. The fourth-order valence-electron chi connectivity index (χ4n) is 3.68. The number of hydrogen-bond donors (Lipinski definition) is 4. The summed E-state index contributed by atoms with van der Waals surface area (Å²) in [5, 5.41) is 20.5. The molecule has 0 bridgehead atoms. The van der Waals surface area contributed by atoms with E-state index in [4.69, 9.17) is 11.6 Å². The lowest BCUT2D eigenvalue weighted by atomic mass is 10.1. The average molecular weight is 477 g/mol. The number of carbonyl (C=O) groups is 1. The minimum absolute atomic E-state index is 0.0861. The van der Waals surface area contributed by atoms with Gasteiger partial charge in [0.25, 0.3) is 5.91 Å². The smallest absolute Gasteiger partial charge is 0.268 e. The molecule has 0 aliphatic heterocycles. The van der Waals surface area contributed by atoms with Crippen molar-refractivity contribution in [2.45, 2.75) is 6.04 Å². The summed E-state index contributed by atoms with van der Waals surface area (Å²) in [5.41, 5.74) is 4.51. The number of benzene rings is 1. The van der Waals surface area contributed by atoms with Gasteiger partial charge in [0.15, 0.2) is 5.65 Å². The highest BCUT2D eigenvalue weighted by Crippen LogP contribution is 2.29. The van der Waals surface area contributed by atoms with Gasteiger partial charge in [-0.2, -0.15) is 5.10 Å². The highest BCUT2D eigenvalue weighted by Gasteiger charge is 2.19. The van der Waals surface area contributed by atoms with Gasteiger partial charge in [-0.3, -0.25) is 14.9 Å². The number of aromatic amines is 2. The van der Waals surface area contributed by atoms with Crippen molar-refractivity contribution in [3.63, 3.8) is 0 Å². The number of nitrogens with one attached hydrogen (secondary N) is 3. The van der Waals surface area contributed by atoms with Crippen LogP contribution in [0, 0.1) is 5.82 Å². The van der Waals surface area contributed by atoms with Crippen molar-refractivity contribution >= 4 is 28.5 Å². The maximum absolute atomic E-state index is 13.5. The van der Waals surface area contributed by atoms with Crippen molar-refractivity contribution in [3.05, 3.63) is 89.3 Å². The predicted molar refractivity (Wildman–Crippen MR) is 126 cm³/mol. The third kappa shape index (κ3) is 4.14. The monoisotopic (exact) mass is 476 g/mol. The second-order valence-corrected chi connectivity index (χ2v) is 8.03. The van der Waals surface area contributed by atoms with Gasteiger partial charge in [0.05, 0.1) is 17.7 Å². The predicted octanol–water partition coefficient (Wildman–Crippen LogP) is 4.27. The van der Waals surface area contributed by atoms with E-state index in [1.807, 2.05) is 18.2 Å². The molecule has 4 heterocycles. The molecule has 0 spiro atoms. The van der Waals surface area contributed by atoms with Gasteiger partial charge in [-0.1, -0.05) is 23.7 Å². The fraction of sp³-hybridized carbons (Fsp3) is 0.0833. The third-order valence-electron chi connectivity index (χ3n) is 5.45. The molecule has 10 heteroatoms. The molecular weight excluding hydrogens is 459 g/mol. The molecule has 170 valence electrons. The van der Waals surface area contributed by atoms with Gasteiger partial charge in [-0.15, -0.1) is 0 Å². The van der Waals surface area contributed by atoms with Crippen molar-refractivity contribution in [3.8, 4) is 22.4 Å². The van der Waals surface area contributed by atoms with Crippen molar-refractivity contribution in [2.75, 3.05) is 6.61 Å². The van der Waals surface area contributed by atoms with Crippen LogP contribution in [0.25, 0.3) is 33.4 Å². The highest BCUT2D eigenvalue weighted by molar-refractivity contribution is 6.30. The lowest BCUT2D eigenvalue weighted by Gasteiger charge is -2.16. The average Bonchev–Trinajstić information content (AvgIpc) is 3.51. The summed E-state index contributed by atoms with van der Waals surface area (Å²) < 4.78 is 13.5. The summed E-state index contributed by atoms with van der Waals surface area (Å²) in [6, 6.07) is 10.7. The summed E-state index contributed by atoms with van der Waals surface area (Å²) in [6.45, 7) is -0.381. The van der Waals surface area contributed by atoms with E-state index in [9.17, 15) is 14.3 Å². The SMILES string of the molecule is O=C(N[C@H](CO)c1ccc(F)c(Cl)c1)c1cc(-c2n[nH]c3ncc(-c4cccnc4)cc23)c[nH]1. The van der Waals surface area contributed by atoms with Crippen LogP contribution in [0.2, 0.25) is 5.02 Å². The number of aliphatic hydroxyl groups excluding tert-OH is 1. The number of rotatable bonds is 6. The summed E-state index contributed by atoms with van der Waals surface area (Å²) in [4.78, 5) is 24.4. The molecule has 0 fully saturated rings. The quantitative estimate of drug-likeness (QED) is 0.292. The first-order valence-electron chi connectivity index (χ1n) is 10.3. The van der Waals surface area contributed by atoms with Crippen LogP contribution >= 0.6 is 11.6 Å². The standard InChI is InChI=1S/C24H18ClFN6O2/c25-18-7-13(3-4-19(18)26)21(12-33)30-24(34)20-8-16(11-28-20)22-17-6-15(10-29-23(17)32-31-22)14-2-1-5-27-9-14/h1-11,21,28,33H,12H2,(H,30,34)(H,29,31,32)/t21-/m1/s1. The van der Waals surface area contributed by atoms with Crippen LogP contribution in [0.4, 0.5) is 4.39 Å².